The minimum atomic E-state index is -3.55. The summed E-state index contributed by atoms with van der Waals surface area (Å²) >= 11 is 5.96. The van der Waals surface area contributed by atoms with E-state index in [2.05, 4.69) is 18.7 Å². The Hall–Kier alpha value is -1.15. The maximum Gasteiger partial charge on any atom is 0.281 e. The standard InChI is InChI=1S/C20H30ClN3O3S/c1-15-6-4-7-16(2)24(15)20(25)17(3)22-10-12-23(13-11-22)28(26,27)19-9-5-8-18(21)14-19/h5,8-9,14-17H,4,6-7,10-13H2,1-3H3/p+1/t15-,16-,17-/m1/s1. The zero-order valence-electron chi connectivity index (χ0n) is 16.9. The largest absolute Gasteiger partial charge is 0.332 e. The van der Waals surface area contributed by atoms with Crippen molar-refractivity contribution in [2.75, 3.05) is 26.2 Å². The van der Waals surface area contributed by atoms with Gasteiger partial charge in [0.2, 0.25) is 10.0 Å². The van der Waals surface area contributed by atoms with E-state index in [-0.39, 0.29) is 28.9 Å². The van der Waals surface area contributed by atoms with Gasteiger partial charge >= 0.3 is 0 Å². The molecule has 3 atom stereocenters. The Bertz CT molecular complexity index is 799. The number of carbonyl (C=O) groups is 1. The zero-order chi connectivity index (χ0) is 20.5. The molecule has 0 radical (unpaired) electrons. The van der Waals surface area contributed by atoms with Crippen LogP contribution in [-0.4, -0.2) is 67.8 Å². The molecule has 0 saturated carbocycles. The van der Waals surface area contributed by atoms with Crippen molar-refractivity contribution in [3.63, 3.8) is 0 Å². The summed E-state index contributed by atoms with van der Waals surface area (Å²) in [6, 6.07) is 6.79. The van der Waals surface area contributed by atoms with Crippen molar-refractivity contribution in [1.29, 1.82) is 0 Å². The highest BCUT2D eigenvalue weighted by Crippen LogP contribution is 2.23. The van der Waals surface area contributed by atoms with Crippen LogP contribution in [-0.2, 0) is 14.8 Å². The molecule has 28 heavy (non-hydrogen) atoms. The smallest absolute Gasteiger partial charge is 0.281 e. The van der Waals surface area contributed by atoms with E-state index in [0.717, 1.165) is 17.7 Å². The third-order valence-corrected chi connectivity index (χ3v) is 8.36. The highest BCUT2D eigenvalue weighted by molar-refractivity contribution is 7.89. The number of sulfonamides is 1. The number of likely N-dealkylation sites (tertiary alicyclic amines) is 1. The van der Waals surface area contributed by atoms with E-state index in [1.807, 2.05) is 6.92 Å². The maximum atomic E-state index is 13.1. The predicted octanol–water partition coefficient (Wildman–Crippen LogP) is 1.41. The molecule has 1 N–H and O–H groups in total. The SMILES string of the molecule is C[C@@H]1CCC[C@@H](C)N1C(=O)[C@@H](C)[NH+]1CCN(S(=O)(=O)c2cccc(Cl)c2)CC1. The topological polar surface area (TPSA) is 62.1 Å². The van der Waals surface area contributed by atoms with E-state index in [1.165, 1.54) is 16.8 Å². The van der Waals surface area contributed by atoms with Gasteiger partial charge in [0.05, 0.1) is 31.1 Å². The summed E-state index contributed by atoms with van der Waals surface area (Å²) in [5.74, 6) is 0.195. The number of hydrogen-bond acceptors (Lipinski definition) is 3. The molecule has 156 valence electrons. The lowest BCUT2D eigenvalue weighted by atomic mass is 9.96. The number of halogens is 1. The number of hydrogen-bond donors (Lipinski definition) is 1. The van der Waals surface area contributed by atoms with Gasteiger partial charge < -0.3 is 9.80 Å². The van der Waals surface area contributed by atoms with Crippen LogP contribution >= 0.6 is 11.6 Å². The van der Waals surface area contributed by atoms with Crippen molar-refractivity contribution in [2.45, 2.75) is 63.1 Å². The van der Waals surface area contributed by atoms with Gasteiger partial charge in [-0.05, 0) is 58.2 Å². The molecule has 0 bridgehead atoms. The van der Waals surface area contributed by atoms with E-state index >= 15 is 0 Å². The maximum absolute atomic E-state index is 13.1. The van der Waals surface area contributed by atoms with Crippen molar-refractivity contribution in [1.82, 2.24) is 9.21 Å². The Balaban J connectivity index is 1.64. The first-order valence-corrected chi connectivity index (χ1v) is 12.0. The summed E-state index contributed by atoms with van der Waals surface area (Å²) in [7, 11) is -3.55. The van der Waals surface area contributed by atoms with E-state index in [9.17, 15) is 13.2 Å². The average molecular weight is 429 g/mol. The summed E-state index contributed by atoms with van der Waals surface area (Å²) < 4.78 is 27.2. The predicted molar refractivity (Wildman–Crippen MR) is 110 cm³/mol. The lowest BCUT2D eigenvalue weighted by molar-refractivity contribution is -0.918. The molecule has 2 aliphatic rings. The van der Waals surface area contributed by atoms with Crippen molar-refractivity contribution < 1.29 is 18.1 Å². The van der Waals surface area contributed by atoms with Gasteiger partial charge in [-0.2, -0.15) is 4.31 Å². The van der Waals surface area contributed by atoms with Crippen LogP contribution in [0, 0.1) is 0 Å². The summed E-state index contributed by atoms with van der Waals surface area (Å²) in [6.07, 6.45) is 3.29. The van der Waals surface area contributed by atoms with E-state index in [0.29, 0.717) is 31.2 Å². The van der Waals surface area contributed by atoms with Crippen LogP contribution in [0.15, 0.2) is 29.2 Å². The van der Waals surface area contributed by atoms with Crippen LogP contribution in [0.2, 0.25) is 5.02 Å². The Kier molecular flexibility index (Phi) is 6.69. The summed E-state index contributed by atoms with van der Waals surface area (Å²) in [5, 5.41) is 0.411. The van der Waals surface area contributed by atoms with Crippen LogP contribution < -0.4 is 4.90 Å². The number of nitrogens with one attached hydrogen (secondary N) is 1. The Morgan fingerprint density at radius 3 is 2.36 bits per heavy atom. The molecule has 0 aliphatic carbocycles. The molecule has 8 heteroatoms. The highest BCUT2D eigenvalue weighted by Gasteiger charge is 2.39. The second-order valence-electron chi connectivity index (χ2n) is 8.12. The second-order valence-corrected chi connectivity index (χ2v) is 10.5. The second kappa shape index (κ2) is 8.69. The first kappa shape index (κ1) is 21.6. The van der Waals surface area contributed by atoms with Crippen molar-refractivity contribution in [2.24, 2.45) is 0 Å². The summed E-state index contributed by atoms with van der Waals surface area (Å²) in [6.45, 7) is 8.31. The van der Waals surface area contributed by atoms with Gasteiger partial charge in [-0.25, -0.2) is 8.42 Å². The highest BCUT2D eigenvalue weighted by atomic mass is 35.5. The molecule has 1 aromatic rings. The molecule has 2 heterocycles. The normalized spacial score (nSPS) is 26.2. The van der Waals surface area contributed by atoms with Crippen molar-refractivity contribution >= 4 is 27.5 Å². The van der Waals surface area contributed by atoms with Gasteiger partial charge in [-0.15, -0.1) is 0 Å². The fraction of sp³-hybridized carbons (Fsp3) is 0.650. The molecule has 1 aromatic carbocycles. The van der Waals surface area contributed by atoms with Crippen LogP contribution in [0.25, 0.3) is 0 Å². The first-order chi connectivity index (χ1) is 13.2. The molecule has 6 nitrogen and oxygen atoms in total. The minimum Gasteiger partial charge on any atom is -0.332 e. The number of carbonyl (C=O) groups excluding carboxylic acids is 1. The Morgan fingerprint density at radius 1 is 1.18 bits per heavy atom. The van der Waals surface area contributed by atoms with Crippen molar-refractivity contribution in [3.8, 4) is 0 Å². The number of nitrogens with zero attached hydrogens (tertiary/aromatic N) is 2. The van der Waals surface area contributed by atoms with Gasteiger partial charge in [0.1, 0.15) is 0 Å². The van der Waals surface area contributed by atoms with Crippen LogP contribution in [0.3, 0.4) is 0 Å². The number of piperidine rings is 1. The van der Waals surface area contributed by atoms with Crippen LogP contribution in [0.5, 0.6) is 0 Å². The van der Waals surface area contributed by atoms with Gasteiger partial charge in [-0.3, -0.25) is 4.79 Å². The number of benzene rings is 1. The molecule has 0 aromatic heterocycles. The van der Waals surface area contributed by atoms with Gasteiger partial charge in [-0.1, -0.05) is 17.7 Å². The first-order valence-electron chi connectivity index (χ1n) is 10.1. The van der Waals surface area contributed by atoms with Crippen LogP contribution in [0.4, 0.5) is 0 Å². The summed E-state index contributed by atoms with van der Waals surface area (Å²) in [4.78, 5) is 16.6. The molecular weight excluding hydrogens is 398 g/mol. The van der Waals surface area contributed by atoms with Crippen LogP contribution in [0.1, 0.15) is 40.0 Å². The van der Waals surface area contributed by atoms with Gasteiger partial charge in [0, 0.05) is 17.1 Å². The fourth-order valence-corrected chi connectivity index (χ4v) is 6.22. The molecular formula is C20H31ClN3O3S+. The molecule has 0 spiro atoms. The fourth-order valence-electron chi connectivity index (χ4n) is 4.48. The van der Waals surface area contributed by atoms with E-state index in [4.69, 9.17) is 11.6 Å². The van der Waals surface area contributed by atoms with Gasteiger partial charge in [0.25, 0.3) is 5.91 Å². The number of amides is 1. The number of piperazine rings is 1. The van der Waals surface area contributed by atoms with Crippen molar-refractivity contribution in [3.05, 3.63) is 29.3 Å². The quantitative estimate of drug-likeness (QED) is 0.788. The Labute approximate surface area is 173 Å². The van der Waals surface area contributed by atoms with E-state index in [1.54, 1.807) is 18.2 Å². The molecule has 2 saturated heterocycles. The third kappa shape index (κ3) is 4.37. The lowest BCUT2D eigenvalue weighted by Crippen LogP contribution is -3.19. The third-order valence-electron chi connectivity index (χ3n) is 6.23. The lowest BCUT2D eigenvalue weighted by Gasteiger charge is -2.42. The molecule has 2 fully saturated rings. The molecule has 3 rings (SSSR count). The molecule has 1 amide bonds. The molecule has 0 unspecified atom stereocenters. The average Bonchev–Trinajstić information content (AvgIpc) is 2.67. The Morgan fingerprint density at radius 2 is 1.79 bits per heavy atom. The van der Waals surface area contributed by atoms with E-state index < -0.39 is 10.0 Å². The number of rotatable bonds is 4. The number of quaternary nitrogens is 1. The molecule has 2 aliphatic heterocycles. The minimum absolute atomic E-state index is 0.154. The van der Waals surface area contributed by atoms with Gasteiger partial charge in [0.15, 0.2) is 6.04 Å². The monoisotopic (exact) mass is 428 g/mol. The zero-order valence-corrected chi connectivity index (χ0v) is 18.5. The summed E-state index contributed by atoms with van der Waals surface area (Å²) in [5.41, 5.74) is 0.